The quantitative estimate of drug-likeness (QED) is 0.702. The van der Waals surface area contributed by atoms with Crippen LogP contribution >= 0.6 is 0 Å². The molecule has 0 bridgehead atoms. The lowest BCUT2D eigenvalue weighted by Gasteiger charge is -2.31. The monoisotopic (exact) mass is 375 g/mol. The maximum Gasteiger partial charge on any atom is 0.242 e. The summed E-state index contributed by atoms with van der Waals surface area (Å²) < 4.78 is 51.5. The topological polar surface area (TPSA) is 78.0 Å². The molecule has 7 nitrogen and oxygen atoms in total. The highest BCUT2D eigenvalue weighted by Gasteiger charge is 2.25. The van der Waals surface area contributed by atoms with Crippen LogP contribution in [0.2, 0.25) is 0 Å². The van der Waals surface area contributed by atoms with Crippen molar-refractivity contribution in [3.8, 4) is 0 Å². The minimum Gasteiger partial charge on any atom is -0.304 e. The van der Waals surface area contributed by atoms with Gasteiger partial charge < -0.3 is 4.90 Å². The van der Waals surface area contributed by atoms with Crippen LogP contribution in [0.15, 0.2) is 29.2 Å². The number of benzene rings is 1. The van der Waals surface area contributed by atoms with Crippen LogP contribution < -0.4 is 0 Å². The first-order valence-corrected chi connectivity index (χ1v) is 10.9. The zero-order valence-electron chi connectivity index (χ0n) is 14.3. The first-order chi connectivity index (χ1) is 11.1. The minimum atomic E-state index is -3.46. The number of rotatable bonds is 6. The summed E-state index contributed by atoms with van der Waals surface area (Å²) in [4.78, 5) is 2.31. The molecule has 0 unspecified atom stereocenters. The van der Waals surface area contributed by atoms with Gasteiger partial charge in [0.15, 0.2) is 0 Å². The van der Waals surface area contributed by atoms with Gasteiger partial charge in [-0.1, -0.05) is 12.1 Å². The highest BCUT2D eigenvalue weighted by molar-refractivity contribution is 7.89. The van der Waals surface area contributed by atoms with Gasteiger partial charge >= 0.3 is 0 Å². The molecule has 136 valence electrons. The van der Waals surface area contributed by atoms with E-state index in [0.29, 0.717) is 19.5 Å². The van der Waals surface area contributed by atoms with Crippen LogP contribution in [-0.4, -0.2) is 83.4 Å². The van der Waals surface area contributed by atoms with Crippen LogP contribution in [0.25, 0.3) is 0 Å². The Labute approximate surface area is 145 Å². The fraction of sp³-hybridized carbons (Fsp3) is 0.600. The van der Waals surface area contributed by atoms with Crippen molar-refractivity contribution in [2.24, 2.45) is 0 Å². The Morgan fingerprint density at radius 3 is 2.00 bits per heavy atom. The van der Waals surface area contributed by atoms with Crippen LogP contribution in [0.4, 0.5) is 0 Å². The Morgan fingerprint density at radius 2 is 1.50 bits per heavy atom. The highest BCUT2D eigenvalue weighted by Crippen LogP contribution is 2.15. The van der Waals surface area contributed by atoms with E-state index in [-0.39, 0.29) is 10.6 Å². The van der Waals surface area contributed by atoms with Gasteiger partial charge in [-0.05, 0) is 31.2 Å². The number of hydrogen-bond donors (Lipinski definition) is 0. The van der Waals surface area contributed by atoms with Crippen molar-refractivity contribution in [1.82, 2.24) is 13.5 Å². The van der Waals surface area contributed by atoms with Crippen molar-refractivity contribution in [2.45, 2.75) is 11.3 Å². The molecule has 0 saturated carbocycles. The number of likely N-dealkylation sites (N-methyl/N-ethyl adjacent to an activating group) is 1. The van der Waals surface area contributed by atoms with Gasteiger partial charge in [0.2, 0.25) is 20.0 Å². The number of hydrogen-bond acceptors (Lipinski definition) is 5. The Hall–Kier alpha value is -1.00. The van der Waals surface area contributed by atoms with Crippen molar-refractivity contribution in [3.63, 3.8) is 0 Å². The van der Waals surface area contributed by atoms with Gasteiger partial charge in [-0.15, -0.1) is 0 Å². The summed E-state index contributed by atoms with van der Waals surface area (Å²) in [7, 11) is -1.80. The molecule has 0 aromatic heterocycles. The summed E-state index contributed by atoms with van der Waals surface area (Å²) in [6.45, 7) is 2.55. The van der Waals surface area contributed by atoms with Crippen LogP contribution in [0.3, 0.4) is 0 Å². The molecule has 0 atom stereocenters. The molecule has 0 amide bonds. The normalized spacial score (nSPS) is 18.2. The number of aryl methyl sites for hydroxylation is 1. The van der Waals surface area contributed by atoms with E-state index in [2.05, 4.69) is 4.90 Å². The SMILES string of the molecule is CN1CCN(S(=O)(=O)CCc2ccc(S(=O)(=O)N(C)C)cc2)CC1. The highest BCUT2D eigenvalue weighted by atomic mass is 32.2. The molecule has 0 N–H and O–H groups in total. The number of sulfonamides is 2. The largest absolute Gasteiger partial charge is 0.304 e. The Kier molecular flexibility index (Phi) is 6.03. The molecule has 1 aromatic carbocycles. The van der Waals surface area contributed by atoms with Crippen molar-refractivity contribution < 1.29 is 16.8 Å². The van der Waals surface area contributed by atoms with Gasteiger partial charge in [-0.2, -0.15) is 4.31 Å². The maximum absolute atomic E-state index is 12.4. The molecule has 1 saturated heterocycles. The van der Waals surface area contributed by atoms with E-state index in [9.17, 15) is 16.8 Å². The average molecular weight is 376 g/mol. The predicted molar refractivity (Wildman–Crippen MR) is 93.9 cm³/mol. The zero-order chi connectivity index (χ0) is 18.0. The molecule has 1 aliphatic rings. The third kappa shape index (κ3) is 4.54. The molecule has 2 rings (SSSR count). The van der Waals surface area contributed by atoms with E-state index in [1.54, 1.807) is 12.1 Å². The van der Waals surface area contributed by atoms with Gasteiger partial charge in [0.1, 0.15) is 0 Å². The van der Waals surface area contributed by atoms with Crippen molar-refractivity contribution in [2.75, 3.05) is 53.1 Å². The van der Waals surface area contributed by atoms with Crippen LogP contribution in [-0.2, 0) is 26.5 Å². The van der Waals surface area contributed by atoms with E-state index < -0.39 is 20.0 Å². The second kappa shape index (κ2) is 7.49. The molecule has 1 fully saturated rings. The van der Waals surface area contributed by atoms with E-state index in [4.69, 9.17) is 0 Å². The van der Waals surface area contributed by atoms with Gasteiger partial charge in [0.25, 0.3) is 0 Å². The number of piperazine rings is 1. The lowest BCUT2D eigenvalue weighted by Crippen LogP contribution is -2.47. The van der Waals surface area contributed by atoms with Crippen LogP contribution in [0.1, 0.15) is 5.56 Å². The summed E-state index contributed by atoms with van der Waals surface area (Å²) in [6, 6.07) is 6.39. The smallest absolute Gasteiger partial charge is 0.242 e. The third-order valence-electron chi connectivity index (χ3n) is 4.21. The molecule has 0 radical (unpaired) electrons. The first kappa shape index (κ1) is 19.3. The summed E-state index contributed by atoms with van der Waals surface area (Å²) in [5, 5.41) is 0. The molecule has 1 heterocycles. The third-order valence-corrected chi connectivity index (χ3v) is 7.91. The Bertz CT molecular complexity index is 750. The lowest BCUT2D eigenvalue weighted by molar-refractivity contribution is 0.222. The van der Waals surface area contributed by atoms with Gasteiger partial charge in [-0.3, -0.25) is 0 Å². The molecule has 1 aromatic rings. The van der Waals surface area contributed by atoms with Gasteiger partial charge in [0, 0.05) is 40.3 Å². The molecular weight excluding hydrogens is 350 g/mol. The molecular formula is C15H25N3O4S2. The fourth-order valence-corrected chi connectivity index (χ4v) is 4.85. The molecule has 1 aliphatic heterocycles. The Morgan fingerprint density at radius 1 is 0.958 bits per heavy atom. The van der Waals surface area contributed by atoms with Gasteiger partial charge in [-0.25, -0.2) is 21.1 Å². The maximum atomic E-state index is 12.4. The molecule has 24 heavy (non-hydrogen) atoms. The first-order valence-electron chi connectivity index (χ1n) is 7.81. The second-order valence-corrected chi connectivity index (χ2v) is 10.4. The Balaban J connectivity index is 1.99. The van der Waals surface area contributed by atoms with E-state index in [1.807, 2.05) is 7.05 Å². The van der Waals surface area contributed by atoms with E-state index >= 15 is 0 Å². The van der Waals surface area contributed by atoms with Crippen LogP contribution in [0, 0.1) is 0 Å². The molecule has 9 heteroatoms. The van der Waals surface area contributed by atoms with Crippen molar-refractivity contribution in [3.05, 3.63) is 29.8 Å². The van der Waals surface area contributed by atoms with E-state index in [1.165, 1.54) is 30.5 Å². The summed E-state index contributed by atoms with van der Waals surface area (Å²) >= 11 is 0. The van der Waals surface area contributed by atoms with Crippen molar-refractivity contribution >= 4 is 20.0 Å². The van der Waals surface area contributed by atoms with E-state index in [0.717, 1.165) is 23.0 Å². The fourth-order valence-electron chi connectivity index (χ4n) is 2.48. The predicted octanol–water partition coefficient (Wildman–Crippen LogP) is 0.0566. The lowest BCUT2D eigenvalue weighted by atomic mass is 10.2. The number of nitrogens with zero attached hydrogens (tertiary/aromatic N) is 3. The summed E-state index contributed by atoms with van der Waals surface area (Å²) in [6.07, 6.45) is 0.372. The van der Waals surface area contributed by atoms with Crippen molar-refractivity contribution in [1.29, 1.82) is 0 Å². The summed E-state index contributed by atoms with van der Waals surface area (Å²) in [5.74, 6) is 0.0382. The van der Waals surface area contributed by atoms with Crippen LogP contribution in [0.5, 0.6) is 0 Å². The van der Waals surface area contributed by atoms with Gasteiger partial charge in [0.05, 0.1) is 10.6 Å². The second-order valence-electron chi connectivity index (χ2n) is 6.20. The standard InChI is InChI=1S/C15H25N3O4S2/c1-16(2)24(21,22)15-6-4-14(5-7-15)8-13-23(19,20)18-11-9-17(3)10-12-18/h4-7H,8-13H2,1-3H3. The average Bonchev–Trinajstić information content (AvgIpc) is 2.53. The molecule has 0 spiro atoms. The zero-order valence-corrected chi connectivity index (χ0v) is 16.0. The summed E-state index contributed by atoms with van der Waals surface area (Å²) in [5.41, 5.74) is 0.811. The minimum absolute atomic E-state index is 0.0382. The molecule has 0 aliphatic carbocycles.